The number of nitrogens with one attached hydrogen (secondary N) is 2. The van der Waals surface area contributed by atoms with Crippen LogP contribution in [0.25, 0.3) is 0 Å². The quantitative estimate of drug-likeness (QED) is 0.477. The molecule has 0 atom stereocenters. The van der Waals surface area contributed by atoms with E-state index in [4.69, 9.17) is 16.3 Å². The number of esters is 1. The lowest BCUT2D eigenvalue weighted by atomic mass is 10.2. The summed E-state index contributed by atoms with van der Waals surface area (Å²) in [4.78, 5) is 23.4. The number of ether oxygens (including phenoxy) is 1. The number of hydrogen-bond donors (Lipinski definition) is 2. The topological polar surface area (TPSA) is 79.8 Å². The fraction of sp³-hybridized carbons (Fsp3) is 0.118. The zero-order valence-electron chi connectivity index (χ0n) is 13.0. The van der Waals surface area contributed by atoms with Crippen LogP contribution in [0.15, 0.2) is 59.7 Å². The van der Waals surface area contributed by atoms with Crippen molar-refractivity contribution in [1.29, 1.82) is 0 Å². The third-order valence-corrected chi connectivity index (χ3v) is 3.15. The summed E-state index contributed by atoms with van der Waals surface area (Å²) in [6, 6.07) is 15.4. The van der Waals surface area contributed by atoms with E-state index in [-0.39, 0.29) is 5.17 Å². The van der Waals surface area contributed by atoms with E-state index in [0.717, 1.165) is 0 Å². The highest BCUT2D eigenvalue weighted by molar-refractivity contribution is 6.84. The summed E-state index contributed by atoms with van der Waals surface area (Å²) in [5.74, 6) is -0.925. The molecule has 0 aliphatic rings. The van der Waals surface area contributed by atoms with Crippen molar-refractivity contribution < 1.29 is 14.3 Å². The van der Waals surface area contributed by atoms with Crippen molar-refractivity contribution in [3.63, 3.8) is 0 Å². The van der Waals surface area contributed by atoms with Gasteiger partial charge in [-0.25, -0.2) is 4.79 Å². The molecule has 24 heavy (non-hydrogen) atoms. The highest BCUT2D eigenvalue weighted by Gasteiger charge is 2.09. The molecule has 2 aromatic rings. The molecular weight excluding hydrogens is 330 g/mol. The molecule has 0 saturated carbocycles. The minimum absolute atomic E-state index is 0.242. The molecule has 2 N–H and O–H groups in total. The number of carbonyl (C=O) groups is 2. The van der Waals surface area contributed by atoms with E-state index >= 15 is 0 Å². The van der Waals surface area contributed by atoms with Crippen LogP contribution in [0.2, 0.25) is 0 Å². The number of benzene rings is 2. The third-order valence-electron chi connectivity index (χ3n) is 2.90. The molecule has 0 radical (unpaired) electrons. The number of para-hydroxylation sites is 1. The molecule has 0 aromatic heterocycles. The zero-order chi connectivity index (χ0) is 17.4. The number of hydrogen-bond acceptors (Lipinski definition) is 5. The molecule has 0 unspecified atom stereocenters. The summed E-state index contributed by atoms with van der Waals surface area (Å²) < 4.78 is 4.89. The van der Waals surface area contributed by atoms with E-state index in [1.807, 2.05) is 6.07 Å². The summed E-state index contributed by atoms with van der Waals surface area (Å²) in [7, 11) is 0. The fourth-order valence-electron chi connectivity index (χ4n) is 1.76. The number of halogens is 1. The average molecular weight is 346 g/mol. The second kappa shape index (κ2) is 8.69. The van der Waals surface area contributed by atoms with Crippen LogP contribution >= 0.6 is 11.6 Å². The number of anilines is 2. The van der Waals surface area contributed by atoms with Gasteiger partial charge in [-0.3, -0.25) is 10.2 Å². The van der Waals surface area contributed by atoms with Crippen LogP contribution in [0.5, 0.6) is 0 Å². The van der Waals surface area contributed by atoms with Gasteiger partial charge in [-0.05, 0) is 43.3 Å². The Morgan fingerprint density at radius 1 is 1.04 bits per heavy atom. The van der Waals surface area contributed by atoms with Gasteiger partial charge >= 0.3 is 5.97 Å². The molecule has 2 rings (SSSR count). The minimum Gasteiger partial charge on any atom is -0.462 e. The van der Waals surface area contributed by atoms with Crippen molar-refractivity contribution in [2.75, 3.05) is 17.3 Å². The molecule has 2 aromatic carbocycles. The summed E-state index contributed by atoms with van der Waals surface area (Å²) in [6.45, 7) is 2.06. The Morgan fingerprint density at radius 2 is 1.71 bits per heavy atom. The Balaban J connectivity index is 1.94. The molecule has 0 fully saturated rings. The van der Waals surface area contributed by atoms with Crippen molar-refractivity contribution in [1.82, 2.24) is 0 Å². The van der Waals surface area contributed by atoms with Crippen molar-refractivity contribution in [2.45, 2.75) is 6.92 Å². The van der Waals surface area contributed by atoms with Gasteiger partial charge < -0.3 is 10.1 Å². The highest BCUT2D eigenvalue weighted by Crippen LogP contribution is 2.11. The van der Waals surface area contributed by atoms with Crippen molar-refractivity contribution in [2.24, 2.45) is 5.10 Å². The van der Waals surface area contributed by atoms with Crippen molar-refractivity contribution in [3.8, 4) is 0 Å². The predicted molar refractivity (Wildman–Crippen MR) is 94.4 cm³/mol. The molecule has 7 heteroatoms. The van der Waals surface area contributed by atoms with E-state index in [1.54, 1.807) is 55.5 Å². The van der Waals surface area contributed by atoms with Crippen LogP contribution < -0.4 is 10.7 Å². The number of amides is 1. The van der Waals surface area contributed by atoms with Gasteiger partial charge in [0.1, 0.15) is 0 Å². The molecule has 0 bridgehead atoms. The van der Waals surface area contributed by atoms with E-state index in [9.17, 15) is 9.59 Å². The van der Waals surface area contributed by atoms with Crippen LogP contribution in [0.3, 0.4) is 0 Å². The second-order valence-corrected chi connectivity index (χ2v) is 4.99. The Bertz CT molecular complexity index is 731. The highest BCUT2D eigenvalue weighted by atomic mass is 35.5. The molecule has 0 aliphatic heterocycles. The predicted octanol–water partition coefficient (Wildman–Crippen LogP) is 3.47. The van der Waals surface area contributed by atoms with Gasteiger partial charge in [0.05, 0.1) is 17.9 Å². The molecule has 6 nitrogen and oxygen atoms in total. The van der Waals surface area contributed by atoms with Crippen LogP contribution in [0.1, 0.15) is 17.3 Å². The molecule has 0 saturated heterocycles. The van der Waals surface area contributed by atoms with Crippen LogP contribution in [0, 0.1) is 0 Å². The van der Waals surface area contributed by atoms with Gasteiger partial charge in [0, 0.05) is 5.69 Å². The maximum Gasteiger partial charge on any atom is 0.338 e. The third kappa shape index (κ3) is 5.10. The number of rotatable bonds is 6. The summed E-state index contributed by atoms with van der Waals surface area (Å²) in [5, 5.41) is 6.18. The molecule has 0 heterocycles. The first-order chi connectivity index (χ1) is 11.6. The maximum atomic E-state index is 11.9. The van der Waals surface area contributed by atoms with E-state index < -0.39 is 11.9 Å². The molecular formula is C17H16ClN3O3. The Kier molecular flexibility index (Phi) is 6.33. The Morgan fingerprint density at radius 3 is 2.33 bits per heavy atom. The van der Waals surface area contributed by atoms with Crippen LogP contribution in [0.4, 0.5) is 11.4 Å². The lowest BCUT2D eigenvalue weighted by Gasteiger charge is -2.05. The van der Waals surface area contributed by atoms with E-state index in [2.05, 4.69) is 15.8 Å². The van der Waals surface area contributed by atoms with Gasteiger partial charge in [-0.1, -0.05) is 29.8 Å². The Labute approximate surface area is 144 Å². The summed E-state index contributed by atoms with van der Waals surface area (Å²) >= 11 is 5.86. The first-order valence-corrected chi connectivity index (χ1v) is 7.60. The van der Waals surface area contributed by atoms with Gasteiger partial charge in [0.15, 0.2) is 0 Å². The second-order valence-electron chi connectivity index (χ2n) is 4.63. The zero-order valence-corrected chi connectivity index (χ0v) is 13.7. The monoisotopic (exact) mass is 345 g/mol. The average Bonchev–Trinajstić information content (AvgIpc) is 2.61. The number of hydrazone groups is 1. The first-order valence-electron chi connectivity index (χ1n) is 7.23. The van der Waals surface area contributed by atoms with Crippen molar-refractivity contribution in [3.05, 3.63) is 60.2 Å². The minimum atomic E-state index is -0.529. The van der Waals surface area contributed by atoms with Gasteiger partial charge in [-0.15, -0.1) is 0 Å². The van der Waals surface area contributed by atoms with E-state index in [1.165, 1.54) is 0 Å². The molecule has 0 spiro atoms. The molecule has 1 amide bonds. The standard InChI is InChI=1S/C17H16ClN3O3/c1-2-24-17(23)12-8-10-14(11-9-12)20-21-15(18)16(22)19-13-6-4-3-5-7-13/h3-11,20H,2H2,1H3,(H,19,22)/b21-15-. The number of nitrogens with zero attached hydrogens (tertiary/aromatic N) is 1. The SMILES string of the molecule is CCOC(=O)c1ccc(N/N=C(\Cl)C(=O)Nc2ccccc2)cc1. The fourth-order valence-corrected chi connectivity index (χ4v) is 1.85. The largest absolute Gasteiger partial charge is 0.462 e. The van der Waals surface area contributed by atoms with Gasteiger partial charge in [0.25, 0.3) is 5.91 Å². The molecule has 0 aliphatic carbocycles. The van der Waals surface area contributed by atoms with Gasteiger partial charge in [-0.2, -0.15) is 5.10 Å². The summed E-state index contributed by atoms with van der Waals surface area (Å²) in [6.07, 6.45) is 0. The lowest BCUT2D eigenvalue weighted by molar-refractivity contribution is -0.110. The van der Waals surface area contributed by atoms with Crippen molar-refractivity contribution >= 4 is 40.0 Å². The smallest absolute Gasteiger partial charge is 0.338 e. The van der Waals surface area contributed by atoms with Crippen LogP contribution in [-0.4, -0.2) is 23.7 Å². The van der Waals surface area contributed by atoms with E-state index in [0.29, 0.717) is 23.5 Å². The van der Waals surface area contributed by atoms with Crippen LogP contribution in [-0.2, 0) is 9.53 Å². The number of carbonyl (C=O) groups excluding carboxylic acids is 2. The normalized spacial score (nSPS) is 10.8. The molecule has 124 valence electrons. The Hall–Kier alpha value is -2.86. The maximum absolute atomic E-state index is 11.9. The van der Waals surface area contributed by atoms with Gasteiger partial charge in [0.2, 0.25) is 5.17 Å². The first kappa shape index (κ1) is 17.5. The summed E-state index contributed by atoms with van der Waals surface area (Å²) in [5.41, 5.74) is 4.28. The lowest BCUT2D eigenvalue weighted by Crippen LogP contribution is -2.19.